The van der Waals surface area contributed by atoms with E-state index in [1.165, 1.54) is 37.8 Å². The van der Waals surface area contributed by atoms with Gasteiger partial charge in [0.25, 0.3) is 5.69 Å². The van der Waals surface area contributed by atoms with Crippen molar-refractivity contribution in [3.05, 3.63) is 34.4 Å². The van der Waals surface area contributed by atoms with Gasteiger partial charge in [-0.05, 0) is 18.6 Å². The molecule has 0 aliphatic carbocycles. The summed E-state index contributed by atoms with van der Waals surface area (Å²) >= 11 is 0. The van der Waals surface area contributed by atoms with Gasteiger partial charge in [-0.1, -0.05) is 32.6 Å². The third-order valence-electron chi connectivity index (χ3n) is 4.42. The van der Waals surface area contributed by atoms with Crippen LogP contribution in [0.3, 0.4) is 0 Å². The second-order valence-electron chi connectivity index (χ2n) is 7.08. The van der Waals surface area contributed by atoms with Gasteiger partial charge in [-0.2, -0.15) is 0 Å². The van der Waals surface area contributed by atoms with Gasteiger partial charge in [0.2, 0.25) is 0 Å². The summed E-state index contributed by atoms with van der Waals surface area (Å²) < 4.78 is 32.7. The van der Waals surface area contributed by atoms with Gasteiger partial charge in [0.05, 0.1) is 64.4 Å². The van der Waals surface area contributed by atoms with Crippen LogP contribution in [-0.4, -0.2) is 77.6 Å². The number of nitrogens with zero attached hydrogens (tertiary/aromatic N) is 1. The second kappa shape index (κ2) is 21.1. The number of benzene rings is 1. The lowest BCUT2D eigenvalue weighted by Gasteiger charge is -2.08. The largest absolute Gasteiger partial charge is 0.491 e. The van der Waals surface area contributed by atoms with Crippen molar-refractivity contribution in [1.82, 2.24) is 0 Å². The first-order valence-electron chi connectivity index (χ1n) is 11.5. The molecule has 0 spiro atoms. The average Bonchev–Trinajstić information content (AvgIpc) is 2.80. The molecule has 0 fully saturated rings. The van der Waals surface area contributed by atoms with E-state index in [9.17, 15) is 10.1 Å². The molecule has 0 aliphatic rings. The van der Waals surface area contributed by atoms with Crippen LogP contribution in [0.5, 0.6) is 5.75 Å². The van der Waals surface area contributed by atoms with Crippen molar-refractivity contribution in [2.24, 2.45) is 0 Å². The fourth-order valence-corrected chi connectivity index (χ4v) is 2.67. The van der Waals surface area contributed by atoms with Crippen molar-refractivity contribution in [3.8, 4) is 5.75 Å². The minimum Gasteiger partial charge on any atom is -0.491 e. The van der Waals surface area contributed by atoms with Crippen LogP contribution < -0.4 is 4.74 Å². The van der Waals surface area contributed by atoms with Gasteiger partial charge in [0.1, 0.15) is 12.4 Å². The van der Waals surface area contributed by atoms with Crippen LogP contribution >= 0.6 is 0 Å². The van der Waals surface area contributed by atoms with Crippen molar-refractivity contribution in [1.29, 1.82) is 0 Å². The topological polar surface area (TPSA) is 98.5 Å². The van der Waals surface area contributed by atoms with E-state index in [1.807, 2.05) is 0 Å². The molecule has 0 heterocycles. The number of nitro groups is 1. The molecule has 0 atom stereocenters. The van der Waals surface area contributed by atoms with Gasteiger partial charge >= 0.3 is 0 Å². The molecule has 0 unspecified atom stereocenters. The molecule has 0 radical (unpaired) electrons. The summed E-state index contributed by atoms with van der Waals surface area (Å²) in [5.41, 5.74) is 0.0376. The van der Waals surface area contributed by atoms with E-state index in [1.54, 1.807) is 12.1 Å². The lowest BCUT2D eigenvalue weighted by atomic mass is 10.2. The van der Waals surface area contributed by atoms with Crippen LogP contribution in [0, 0.1) is 10.1 Å². The van der Waals surface area contributed by atoms with Gasteiger partial charge < -0.3 is 28.4 Å². The molecule has 0 aliphatic heterocycles. The van der Waals surface area contributed by atoms with Crippen molar-refractivity contribution in [2.45, 2.75) is 39.0 Å². The first-order chi connectivity index (χ1) is 15.7. The predicted octanol–water partition coefficient (Wildman–Crippen LogP) is 4.03. The highest BCUT2D eigenvalue weighted by molar-refractivity contribution is 5.35. The fourth-order valence-electron chi connectivity index (χ4n) is 2.67. The Morgan fingerprint density at radius 2 is 1.06 bits per heavy atom. The van der Waals surface area contributed by atoms with Gasteiger partial charge in [-0.3, -0.25) is 10.1 Å². The lowest BCUT2D eigenvalue weighted by molar-refractivity contribution is -0.384. The van der Waals surface area contributed by atoms with E-state index in [0.717, 1.165) is 13.0 Å². The molecule has 32 heavy (non-hydrogen) atoms. The highest BCUT2D eigenvalue weighted by Crippen LogP contribution is 2.17. The van der Waals surface area contributed by atoms with Crippen molar-refractivity contribution >= 4 is 5.69 Å². The number of non-ortho nitro benzene ring substituents is 1. The molecule has 0 saturated heterocycles. The average molecular weight is 458 g/mol. The standard InChI is InChI=1S/C23H39NO8/c1-2-3-4-5-6-11-27-12-13-28-14-15-29-16-17-30-18-19-31-20-21-32-23-9-7-22(8-10-23)24(25)26/h7-10H,2-6,11-21H2,1H3. The first-order valence-corrected chi connectivity index (χ1v) is 11.5. The van der Waals surface area contributed by atoms with Gasteiger partial charge in [0.15, 0.2) is 0 Å². The Morgan fingerprint density at radius 3 is 1.53 bits per heavy atom. The monoisotopic (exact) mass is 457 g/mol. The second-order valence-corrected chi connectivity index (χ2v) is 7.08. The Labute approximate surface area is 191 Å². The van der Waals surface area contributed by atoms with Crippen LogP contribution in [0.4, 0.5) is 5.69 Å². The van der Waals surface area contributed by atoms with Crippen molar-refractivity contribution in [3.63, 3.8) is 0 Å². The molecule has 184 valence electrons. The molecule has 0 aromatic heterocycles. The predicted molar refractivity (Wildman–Crippen MR) is 121 cm³/mol. The molecule has 0 bridgehead atoms. The summed E-state index contributed by atoms with van der Waals surface area (Å²) in [7, 11) is 0. The van der Waals surface area contributed by atoms with Gasteiger partial charge in [0, 0.05) is 18.7 Å². The zero-order valence-corrected chi connectivity index (χ0v) is 19.3. The van der Waals surface area contributed by atoms with E-state index < -0.39 is 4.92 Å². The van der Waals surface area contributed by atoms with E-state index >= 15 is 0 Å². The Bertz CT molecular complexity index is 555. The summed E-state index contributed by atoms with van der Waals surface area (Å²) in [6.45, 7) is 8.10. The third-order valence-corrected chi connectivity index (χ3v) is 4.42. The quantitative estimate of drug-likeness (QED) is 0.138. The number of unbranched alkanes of at least 4 members (excludes halogenated alkanes) is 4. The van der Waals surface area contributed by atoms with E-state index in [2.05, 4.69) is 6.92 Å². The summed E-state index contributed by atoms with van der Waals surface area (Å²) in [5.74, 6) is 0.571. The molecular weight excluding hydrogens is 418 g/mol. The van der Waals surface area contributed by atoms with Gasteiger partial charge in [-0.15, -0.1) is 0 Å². The maximum atomic E-state index is 10.6. The van der Waals surface area contributed by atoms with E-state index in [-0.39, 0.29) is 5.69 Å². The van der Waals surface area contributed by atoms with Gasteiger partial charge in [-0.25, -0.2) is 0 Å². The summed E-state index contributed by atoms with van der Waals surface area (Å²) in [6.07, 6.45) is 6.25. The Morgan fingerprint density at radius 1 is 0.625 bits per heavy atom. The van der Waals surface area contributed by atoms with Crippen LogP contribution in [-0.2, 0) is 23.7 Å². The highest BCUT2D eigenvalue weighted by Gasteiger charge is 2.04. The summed E-state index contributed by atoms with van der Waals surface area (Å²) in [6, 6.07) is 5.95. The SMILES string of the molecule is CCCCCCCOCCOCCOCCOCCOCCOc1ccc([N+](=O)[O-])cc1. The molecule has 0 N–H and O–H groups in total. The number of rotatable bonds is 23. The maximum absolute atomic E-state index is 10.6. The number of hydrogen-bond donors (Lipinski definition) is 0. The molecule has 1 aromatic carbocycles. The zero-order valence-electron chi connectivity index (χ0n) is 19.3. The van der Waals surface area contributed by atoms with Crippen LogP contribution in [0.2, 0.25) is 0 Å². The fraction of sp³-hybridized carbons (Fsp3) is 0.739. The number of ether oxygens (including phenoxy) is 6. The normalized spacial score (nSPS) is 11.0. The highest BCUT2D eigenvalue weighted by atomic mass is 16.6. The minimum atomic E-state index is -0.445. The smallest absolute Gasteiger partial charge is 0.269 e. The Hall–Kier alpha value is -1.78. The van der Waals surface area contributed by atoms with Crippen LogP contribution in [0.1, 0.15) is 39.0 Å². The Balaban J connectivity index is 1.73. The molecule has 1 aromatic rings. The summed E-state index contributed by atoms with van der Waals surface area (Å²) in [4.78, 5) is 10.1. The zero-order chi connectivity index (χ0) is 23.1. The molecular formula is C23H39NO8. The summed E-state index contributed by atoms with van der Waals surface area (Å²) in [5, 5.41) is 10.6. The lowest BCUT2D eigenvalue weighted by Crippen LogP contribution is -2.14. The third kappa shape index (κ3) is 16.9. The van der Waals surface area contributed by atoms with Crippen LogP contribution in [0.25, 0.3) is 0 Å². The molecule has 1 rings (SSSR count). The van der Waals surface area contributed by atoms with Crippen LogP contribution in [0.15, 0.2) is 24.3 Å². The number of nitro benzene ring substituents is 1. The number of hydrogen-bond acceptors (Lipinski definition) is 8. The first kappa shape index (κ1) is 28.3. The molecule has 9 nitrogen and oxygen atoms in total. The molecule has 9 heteroatoms. The minimum absolute atomic E-state index is 0.0376. The van der Waals surface area contributed by atoms with E-state index in [4.69, 9.17) is 28.4 Å². The molecule has 0 amide bonds. The van der Waals surface area contributed by atoms with Crippen molar-refractivity contribution in [2.75, 3.05) is 72.7 Å². The van der Waals surface area contributed by atoms with E-state index in [0.29, 0.717) is 71.8 Å². The van der Waals surface area contributed by atoms with Crippen molar-refractivity contribution < 1.29 is 33.3 Å². The maximum Gasteiger partial charge on any atom is 0.269 e. The molecule has 0 saturated carbocycles. The Kier molecular flexibility index (Phi) is 18.6.